The zero-order valence-electron chi connectivity index (χ0n) is 8.71. The van der Waals surface area contributed by atoms with E-state index >= 15 is 0 Å². The Hall–Kier alpha value is -0.160. The number of aliphatic hydroxyl groups is 1. The summed E-state index contributed by atoms with van der Waals surface area (Å²) in [5, 5.41) is 12.3. The highest BCUT2D eigenvalue weighted by Crippen LogP contribution is 2.34. The van der Waals surface area contributed by atoms with Crippen molar-refractivity contribution in [3.8, 4) is 0 Å². The fourth-order valence-corrected chi connectivity index (χ4v) is 2.93. The molecule has 4 N–H and O–H groups in total. The lowest BCUT2D eigenvalue weighted by atomic mass is 9.79. The van der Waals surface area contributed by atoms with Crippen LogP contribution in [0.3, 0.4) is 0 Å². The summed E-state index contributed by atoms with van der Waals surface area (Å²) in [5.74, 6) is 0.688. The number of aliphatic hydroxyl groups excluding tert-OH is 1. The van der Waals surface area contributed by atoms with E-state index in [4.69, 9.17) is 10.8 Å². The van der Waals surface area contributed by atoms with Crippen molar-refractivity contribution in [2.45, 2.75) is 18.4 Å². The number of rotatable bonds is 4. The van der Waals surface area contributed by atoms with E-state index in [0.29, 0.717) is 19.0 Å². The Morgan fingerprint density at radius 1 is 1.50 bits per heavy atom. The maximum atomic E-state index is 8.86. The average Bonchev–Trinajstić information content (AvgIpc) is 2.63. The number of piperidine rings is 1. The number of nitrogens with zero attached hydrogens (tertiary/aromatic N) is 1. The van der Waals surface area contributed by atoms with Gasteiger partial charge in [-0.2, -0.15) is 0 Å². The van der Waals surface area contributed by atoms with Crippen LogP contribution < -0.4 is 11.1 Å². The van der Waals surface area contributed by atoms with Crippen molar-refractivity contribution >= 4 is 0 Å². The minimum Gasteiger partial charge on any atom is -0.395 e. The van der Waals surface area contributed by atoms with Crippen LogP contribution in [0.25, 0.3) is 0 Å². The van der Waals surface area contributed by atoms with Gasteiger partial charge in [-0.25, -0.2) is 0 Å². The van der Waals surface area contributed by atoms with Gasteiger partial charge in [-0.3, -0.25) is 0 Å². The Kier molecular flexibility index (Phi) is 3.07. The molecule has 0 aromatic heterocycles. The second kappa shape index (κ2) is 4.14. The third kappa shape index (κ3) is 1.67. The van der Waals surface area contributed by atoms with Crippen molar-refractivity contribution in [1.29, 1.82) is 0 Å². The van der Waals surface area contributed by atoms with E-state index in [1.54, 1.807) is 0 Å². The summed E-state index contributed by atoms with van der Waals surface area (Å²) in [4.78, 5) is 2.51. The summed E-state index contributed by atoms with van der Waals surface area (Å²) in [6.07, 6.45) is 2.39. The topological polar surface area (TPSA) is 61.5 Å². The predicted molar refractivity (Wildman–Crippen MR) is 56.0 cm³/mol. The van der Waals surface area contributed by atoms with E-state index in [-0.39, 0.29) is 12.1 Å². The molecule has 2 rings (SSSR count). The van der Waals surface area contributed by atoms with Crippen molar-refractivity contribution in [3.63, 3.8) is 0 Å². The lowest BCUT2D eigenvalue weighted by molar-refractivity contribution is 0.128. The maximum absolute atomic E-state index is 8.86. The number of β-amino-alcohol motifs (C(OH)–C–C–N with tert-alkyl or cyclic N) is 1. The van der Waals surface area contributed by atoms with Crippen molar-refractivity contribution in [3.05, 3.63) is 0 Å². The van der Waals surface area contributed by atoms with Crippen LogP contribution in [0.15, 0.2) is 0 Å². The minimum atomic E-state index is 0.107. The van der Waals surface area contributed by atoms with E-state index in [0.717, 1.165) is 13.0 Å². The molecule has 0 aromatic carbocycles. The van der Waals surface area contributed by atoms with E-state index in [9.17, 15) is 0 Å². The van der Waals surface area contributed by atoms with Crippen LogP contribution in [0.2, 0.25) is 0 Å². The third-order valence-electron chi connectivity index (χ3n) is 3.88. The first-order valence-corrected chi connectivity index (χ1v) is 5.59. The molecular weight excluding hydrogens is 178 g/mol. The van der Waals surface area contributed by atoms with Gasteiger partial charge in [0, 0.05) is 25.2 Å². The molecule has 0 spiro atoms. The molecule has 82 valence electrons. The van der Waals surface area contributed by atoms with Gasteiger partial charge in [-0.1, -0.05) is 0 Å². The molecule has 0 aromatic rings. The Morgan fingerprint density at radius 3 is 3.07 bits per heavy atom. The standard InChI is InChI=1S/C10H21N3O/c11-8-10(12-3-6-14)2-5-13-4-1-9(10)7-13/h9,12,14H,1-8,11H2. The van der Waals surface area contributed by atoms with Crippen molar-refractivity contribution in [1.82, 2.24) is 10.2 Å². The molecule has 2 fully saturated rings. The van der Waals surface area contributed by atoms with E-state index in [2.05, 4.69) is 10.2 Å². The number of hydrogen-bond donors (Lipinski definition) is 3. The van der Waals surface area contributed by atoms with Crippen LogP contribution in [0.5, 0.6) is 0 Å². The molecule has 3 unspecified atom stereocenters. The van der Waals surface area contributed by atoms with Crippen LogP contribution >= 0.6 is 0 Å². The molecule has 0 saturated carbocycles. The lowest BCUT2D eigenvalue weighted by Gasteiger charge is -2.43. The molecule has 2 heterocycles. The summed E-state index contributed by atoms with van der Waals surface area (Å²) in [6, 6.07) is 0. The molecule has 0 radical (unpaired) electrons. The van der Waals surface area contributed by atoms with Crippen LogP contribution in [0.4, 0.5) is 0 Å². The molecule has 4 nitrogen and oxygen atoms in total. The molecule has 4 heteroatoms. The number of hydrogen-bond acceptors (Lipinski definition) is 4. The Labute approximate surface area is 85.5 Å². The van der Waals surface area contributed by atoms with Crippen molar-refractivity contribution in [2.24, 2.45) is 11.7 Å². The first kappa shape index (κ1) is 10.4. The van der Waals surface area contributed by atoms with E-state index < -0.39 is 0 Å². The molecule has 2 aliphatic rings. The fourth-order valence-electron chi connectivity index (χ4n) is 2.93. The first-order chi connectivity index (χ1) is 6.80. The summed E-state index contributed by atoms with van der Waals surface area (Å²) >= 11 is 0. The predicted octanol–water partition coefficient (Wildman–Crippen LogP) is -1.01. The highest BCUT2D eigenvalue weighted by Gasteiger charge is 2.44. The van der Waals surface area contributed by atoms with Gasteiger partial charge in [0.15, 0.2) is 0 Å². The third-order valence-corrected chi connectivity index (χ3v) is 3.88. The molecule has 2 aliphatic heterocycles. The summed E-state index contributed by atoms with van der Waals surface area (Å²) < 4.78 is 0. The van der Waals surface area contributed by atoms with Gasteiger partial charge in [0.25, 0.3) is 0 Å². The lowest BCUT2D eigenvalue weighted by Crippen LogP contribution is -2.61. The normalized spacial score (nSPS) is 41.6. The van der Waals surface area contributed by atoms with Gasteiger partial charge in [0.05, 0.1) is 6.61 Å². The highest BCUT2D eigenvalue weighted by molar-refractivity contribution is 5.03. The molecule has 2 saturated heterocycles. The molecule has 2 bridgehead atoms. The molecule has 3 atom stereocenters. The molecule has 0 amide bonds. The molecule has 14 heavy (non-hydrogen) atoms. The fraction of sp³-hybridized carbons (Fsp3) is 1.00. The highest BCUT2D eigenvalue weighted by atomic mass is 16.3. The zero-order chi connectivity index (χ0) is 10.0. The number of nitrogens with two attached hydrogens (primary N) is 1. The zero-order valence-corrected chi connectivity index (χ0v) is 8.71. The van der Waals surface area contributed by atoms with Crippen LogP contribution in [0.1, 0.15) is 12.8 Å². The Morgan fingerprint density at radius 2 is 2.36 bits per heavy atom. The van der Waals surface area contributed by atoms with Gasteiger partial charge in [0.2, 0.25) is 0 Å². The van der Waals surface area contributed by atoms with Gasteiger partial charge in [0.1, 0.15) is 0 Å². The summed E-state index contributed by atoms with van der Waals surface area (Å²) in [7, 11) is 0. The van der Waals surface area contributed by atoms with Crippen molar-refractivity contribution < 1.29 is 5.11 Å². The largest absolute Gasteiger partial charge is 0.395 e. The second-order valence-electron chi connectivity index (χ2n) is 4.55. The smallest absolute Gasteiger partial charge is 0.0556 e. The second-order valence-corrected chi connectivity index (χ2v) is 4.55. The summed E-state index contributed by atoms with van der Waals surface area (Å²) in [6.45, 7) is 5.16. The van der Waals surface area contributed by atoms with Crippen LogP contribution in [0, 0.1) is 5.92 Å². The molecule has 0 aliphatic carbocycles. The monoisotopic (exact) mass is 199 g/mol. The first-order valence-electron chi connectivity index (χ1n) is 5.59. The summed E-state index contributed by atoms with van der Waals surface area (Å²) in [5.41, 5.74) is 6.01. The quantitative estimate of drug-likeness (QED) is 0.543. The Bertz CT molecular complexity index is 200. The van der Waals surface area contributed by atoms with E-state index in [1.165, 1.54) is 19.5 Å². The van der Waals surface area contributed by atoms with Gasteiger partial charge < -0.3 is 21.1 Å². The van der Waals surface area contributed by atoms with Crippen molar-refractivity contribution in [2.75, 3.05) is 39.3 Å². The van der Waals surface area contributed by atoms with Gasteiger partial charge >= 0.3 is 0 Å². The Balaban J connectivity index is 2.02. The average molecular weight is 199 g/mol. The maximum Gasteiger partial charge on any atom is 0.0556 e. The van der Waals surface area contributed by atoms with Gasteiger partial charge in [-0.15, -0.1) is 0 Å². The number of fused-ring (bicyclic) bond motifs is 2. The van der Waals surface area contributed by atoms with E-state index in [1.807, 2.05) is 0 Å². The number of nitrogens with one attached hydrogen (secondary N) is 1. The van der Waals surface area contributed by atoms with Crippen LogP contribution in [-0.2, 0) is 0 Å². The van der Waals surface area contributed by atoms with Gasteiger partial charge in [-0.05, 0) is 31.8 Å². The SMILES string of the molecule is NCC1(NCCO)CCN2CCC1C2. The molecular formula is C10H21N3O. The minimum absolute atomic E-state index is 0.107. The van der Waals surface area contributed by atoms with Crippen LogP contribution in [-0.4, -0.2) is 54.9 Å².